The first-order valence-corrected chi connectivity index (χ1v) is 6.32. The summed E-state index contributed by atoms with van der Waals surface area (Å²) in [5.41, 5.74) is 11.1. The number of hydrogen-bond donors (Lipinski definition) is 3. The van der Waals surface area contributed by atoms with Gasteiger partial charge in [-0.1, -0.05) is 6.92 Å². The number of carbonyl (C=O) groups is 2. The topological polar surface area (TPSA) is 127 Å². The van der Waals surface area contributed by atoms with Crippen LogP contribution in [0.5, 0.6) is 0 Å². The zero-order valence-electron chi connectivity index (χ0n) is 11.7. The number of anilines is 2. The Labute approximate surface area is 117 Å². The first-order valence-electron chi connectivity index (χ1n) is 6.32. The normalized spacial score (nSPS) is 10.1. The Morgan fingerprint density at radius 3 is 2.35 bits per heavy atom. The first kappa shape index (κ1) is 15.7. The lowest BCUT2D eigenvalue weighted by Gasteiger charge is -2.23. The molecule has 0 bridgehead atoms. The average molecular weight is 280 g/mol. The van der Waals surface area contributed by atoms with Crippen LogP contribution in [0.4, 0.5) is 11.6 Å². The highest BCUT2D eigenvalue weighted by atomic mass is 16.2. The minimum absolute atomic E-state index is 0.131. The summed E-state index contributed by atoms with van der Waals surface area (Å²) in [6.07, 6.45) is 2.32. The van der Waals surface area contributed by atoms with Gasteiger partial charge in [-0.2, -0.15) is 0 Å². The number of aromatic nitrogens is 2. The van der Waals surface area contributed by atoms with Gasteiger partial charge in [0.15, 0.2) is 0 Å². The molecule has 0 fully saturated rings. The molecule has 8 heteroatoms. The number of nitrogens with two attached hydrogens (primary N) is 2. The zero-order chi connectivity index (χ0) is 15.1. The van der Waals surface area contributed by atoms with E-state index < -0.39 is 11.8 Å². The lowest BCUT2D eigenvalue weighted by Crippen LogP contribution is -2.40. The van der Waals surface area contributed by atoms with Crippen molar-refractivity contribution in [1.29, 1.82) is 0 Å². The van der Waals surface area contributed by atoms with Crippen molar-refractivity contribution in [3.8, 4) is 0 Å². The Hall–Kier alpha value is -2.38. The van der Waals surface area contributed by atoms with Gasteiger partial charge in [-0.05, 0) is 13.3 Å². The van der Waals surface area contributed by atoms with Crippen LogP contribution in [0.15, 0.2) is 6.33 Å². The van der Waals surface area contributed by atoms with Gasteiger partial charge in [0.1, 0.15) is 18.0 Å². The van der Waals surface area contributed by atoms with E-state index in [2.05, 4.69) is 15.3 Å². The molecule has 0 atom stereocenters. The fourth-order valence-electron chi connectivity index (χ4n) is 1.76. The molecule has 1 heterocycles. The largest absolute Gasteiger partial charge is 0.370 e. The van der Waals surface area contributed by atoms with Crippen LogP contribution in [0, 0.1) is 6.92 Å². The lowest BCUT2D eigenvalue weighted by molar-refractivity contribution is -0.117. The summed E-state index contributed by atoms with van der Waals surface area (Å²) >= 11 is 0. The van der Waals surface area contributed by atoms with E-state index in [1.165, 1.54) is 11.2 Å². The van der Waals surface area contributed by atoms with Crippen molar-refractivity contribution in [3.05, 3.63) is 11.9 Å². The van der Waals surface area contributed by atoms with E-state index in [-0.39, 0.29) is 13.1 Å². The van der Waals surface area contributed by atoms with E-state index in [4.69, 9.17) is 11.5 Å². The predicted molar refractivity (Wildman–Crippen MR) is 76.2 cm³/mol. The maximum absolute atomic E-state index is 11.1. The Morgan fingerprint density at radius 2 is 1.85 bits per heavy atom. The third-order valence-corrected chi connectivity index (χ3v) is 2.59. The van der Waals surface area contributed by atoms with Crippen LogP contribution in [0.1, 0.15) is 18.9 Å². The molecule has 0 spiro atoms. The number of amides is 2. The number of carbonyl (C=O) groups excluding carboxylic acids is 2. The van der Waals surface area contributed by atoms with Crippen LogP contribution >= 0.6 is 0 Å². The molecule has 0 saturated heterocycles. The van der Waals surface area contributed by atoms with Gasteiger partial charge in [0.2, 0.25) is 11.8 Å². The Kier molecular flexibility index (Phi) is 5.70. The summed E-state index contributed by atoms with van der Waals surface area (Å²) < 4.78 is 0. The maximum Gasteiger partial charge on any atom is 0.237 e. The van der Waals surface area contributed by atoms with Gasteiger partial charge in [0.25, 0.3) is 0 Å². The van der Waals surface area contributed by atoms with E-state index in [1.54, 1.807) is 0 Å². The van der Waals surface area contributed by atoms with E-state index in [9.17, 15) is 9.59 Å². The third kappa shape index (κ3) is 4.38. The summed E-state index contributed by atoms with van der Waals surface area (Å²) in [6, 6.07) is 0. The van der Waals surface area contributed by atoms with Crippen LogP contribution in [-0.4, -0.2) is 41.4 Å². The predicted octanol–water partition coefficient (Wildman–Crippen LogP) is -0.616. The van der Waals surface area contributed by atoms with Crippen molar-refractivity contribution in [2.45, 2.75) is 20.3 Å². The molecular weight excluding hydrogens is 260 g/mol. The molecule has 8 nitrogen and oxygen atoms in total. The number of nitrogens with zero attached hydrogens (tertiary/aromatic N) is 3. The SMILES string of the molecule is CCCNc1ncnc(N(CC(N)=O)CC(N)=O)c1C. The molecule has 0 aromatic carbocycles. The standard InChI is InChI=1S/C12H20N6O2/c1-3-4-15-11-8(2)12(17-7-16-11)18(5-9(13)19)6-10(14)20/h7H,3-6H2,1-2H3,(H2,13,19)(H2,14,20)(H,15,16,17). The van der Waals surface area contributed by atoms with Gasteiger partial charge in [0, 0.05) is 12.1 Å². The second kappa shape index (κ2) is 7.27. The summed E-state index contributed by atoms with van der Waals surface area (Å²) in [6.45, 7) is 4.35. The fraction of sp³-hybridized carbons (Fsp3) is 0.500. The van der Waals surface area contributed by atoms with Gasteiger partial charge in [0.05, 0.1) is 13.1 Å². The third-order valence-electron chi connectivity index (χ3n) is 2.59. The van der Waals surface area contributed by atoms with E-state index in [0.29, 0.717) is 11.6 Å². The molecule has 2 amide bonds. The van der Waals surface area contributed by atoms with E-state index in [0.717, 1.165) is 18.5 Å². The van der Waals surface area contributed by atoms with Gasteiger partial charge < -0.3 is 21.7 Å². The Balaban J connectivity index is 3.05. The minimum atomic E-state index is -0.563. The molecule has 110 valence electrons. The molecule has 1 rings (SSSR count). The van der Waals surface area contributed by atoms with Crippen molar-refractivity contribution in [1.82, 2.24) is 9.97 Å². The minimum Gasteiger partial charge on any atom is -0.370 e. The molecule has 1 aromatic heterocycles. The zero-order valence-corrected chi connectivity index (χ0v) is 11.7. The number of rotatable bonds is 8. The van der Waals surface area contributed by atoms with Gasteiger partial charge >= 0.3 is 0 Å². The average Bonchev–Trinajstić information content (AvgIpc) is 2.35. The molecule has 5 N–H and O–H groups in total. The molecule has 0 aliphatic heterocycles. The Morgan fingerprint density at radius 1 is 1.25 bits per heavy atom. The molecule has 0 aliphatic rings. The second-order valence-corrected chi connectivity index (χ2v) is 4.39. The highest BCUT2D eigenvalue weighted by Crippen LogP contribution is 2.21. The summed E-state index contributed by atoms with van der Waals surface area (Å²) in [5.74, 6) is 0.00616. The molecule has 0 radical (unpaired) electrons. The van der Waals surface area contributed by atoms with Crippen molar-refractivity contribution >= 4 is 23.5 Å². The van der Waals surface area contributed by atoms with Crippen LogP contribution in [0.2, 0.25) is 0 Å². The van der Waals surface area contributed by atoms with Gasteiger partial charge in [-0.3, -0.25) is 9.59 Å². The lowest BCUT2D eigenvalue weighted by atomic mass is 10.2. The second-order valence-electron chi connectivity index (χ2n) is 4.39. The number of primary amides is 2. The highest BCUT2D eigenvalue weighted by molar-refractivity contribution is 5.85. The molecule has 0 saturated carbocycles. The monoisotopic (exact) mass is 280 g/mol. The van der Waals surface area contributed by atoms with Crippen molar-refractivity contribution in [2.75, 3.05) is 29.9 Å². The van der Waals surface area contributed by atoms with Crippen LogP contribution in [0.25, 0.3) is 0 Å². The van der Waals surface area contributed by atoms with E-state index in [1.807, 2.05) is 13.8 Å². The maximum atomic E-state index is 11.1. The van der Waals surface area contributed by atoms with Gasteiger partial charge in [-0.15, -0.1) is 0 Å². The quantitative estimate of drug-likeness (QED) is 0.582. The molecule has 1 aromatic rings. The summed E-state index contributed by atoms with van der Waals surface area (Å²) in [4.78, 5) is 31.9. The first-order chi connectivity index (χ1) is 9.45. The fourth-order valence-corrected chi connectivity index (χ4v) is 1.76. The molecule has 0 aliphatic carbocycles. The number of hydrogen-bond acceptors (Lipinski definition) is 6. The van der Waals surface area contributed by atoms with Crippen LogP contribution in [0.3, 0.4) is 0 Å². The molecular formula is C12H20N6O2. The summed E-state index contributed by atoms with van der Waals surface area (Å²) in [5, 5.41) is 3.15. The van der Waals surface area contributed by atoms with Crippen LogP contribution in [-0.2, 0) is 9.59 Å². The van der Waals surface area contributed by atoms with Crippen molar-refractivity contribution in [3.63, 3.8) is 0 Å². The highest BCUT2D eigenvalue weighted by Gasteiger charge is 2.17. The number of nitrogens with one attached hydrogen (secondary N) is 1. The van der Waals surface area contributed by atoms with E-state index >= 15 is 0 Å². The Bertz CT molecular complexity index is 475. The molecule has 20 heavy (non-hydrogen) atoms. The van der Waals surface area contributed by atoms with Gasteiger partial charge in [-0.25, -0.2) is 9.97 Å². The summed E-state index contributed by atoms with van der Waals surface area (Å²) in [7, 11) is 0. The smallest absolute Gasteiger partial charge is 0.237 e. The van der Waals surface area contributed by atoms with Crippen molar-refractivity contribution in [2.24, 2.45) is 11.5 Å². The van der Waals surface area contributed by atoms with Crippen LogP contribution < -0.4 is 21.7 Å². The van der Waals surface area contributed by atoms with Crippen molar-refractivity contribution < 1.29 is 9.59 Å². The molecule has 0 unspecified atom stereocenters.